The summed E-state index contributed by atoms with van der Waals surface area (Å²) in [6.45, 7) is 3.79. The Bertz CT molecular complexity index is 499. The SMILES string of the molecule is CCNCc1ccc(S(=O)(=O)NC(CC)(CO)CO)o1. The van der Waals surface area contributed by atoms with E-state index in [1.165, 1.54) is 6.07 Å². The number of hydrogen-bond donors (Lipinski definition) is 4. The maximum absolute atomic E-state index is 12.2. The first-order valence-electron chi connectivity index (χ1n) is 6.48. The van der Waals surface area contributed by atoms with Crippen molar-refractivity contribution in [3.8, 4) is 0 Å². The van der Waals surface area contributed by atoms with Crippen LogP contribution in [0.4, 0.5) is 0 Å². The van der Waals surface area contributed by atoms with Crippen LogP contribution >= 0.6 is 0 Å². The zero-order valence-electron chi connectivity index (χ0n) is 11.7. The first-order chi connectivity index (χ1) is 9.43. The molecule has 1 heterocycles. The monoisotopic (exact) mass is 306 g/mol. The van der Waals surface area contributed by atoms with E-state index in [1.807, 2.05) is 6.92 Å². The lowest BCUT2D eigenvalue weighted by Gasteiger charge is -2.28. The fourth-order valence-electron chi connectivity index (χ4n) is 1.59. The van der Waals surface area contributed by atoms with E-state index in [0.29, 0.717) is 12.3 Å². The number of nitrogens with one attached hydrogen (secondary N) is 2. The zero-order valence-corrected chi connectivity index (χ0v) is 12.5. The number of hydrogen-bond acceptors (Lipinski definition) is 6. The highest BCUT2D eigenvalue weighted by Crippen LogP contribution is 2.18. The third-order valence-electron chi connectivity index (χ3n) is 3.08. The fraction of sp³-hybridized carbons (Fsp3) is 0.667. The van der Waals surface area contributed by atoms with Crippen LogP contribution in [0.5, 0.6) is 0 Å². The molecule has 0 atom stereocenters. The van der Waals surface area contributed by atoms with Crippen LogP contribution in [0.2, 0.25) is 0 Å². The second-order valence-corrected chi connectivity index (χ2v) is 6.17. The molecule has 0 radical (unpaired) electrons. The van der Waals surface area contributed by atoms with Crippen molar-refractivity contribution in [3.63, 3.8) is 0 Å². The predicted molar refractivity (Wildman–Crippen MR) is 73.6 cm³/mol. The molecule has 0 bridgehead atoms. The van der Waals surface area contributed by atoms with Crippen LogP contribution in [-0.2, 0) is 16.6 Å². The van der Waals surface area contributed by atoms with Gasteiger partial charge in [0.1, 0.15) is 5.76 Å². The normalized spacial score (nSPS) is 12.8. The second kappa shape index (κ2) is 7.19. The molecule has 1 aromatic rings. The lowest BCUT2D eigenvalue weighted by molar-refractivity contribution is 0.105. The summed E-state index contributed by atoms with van der Waals surface area (Å²) in [5.74, 6) is 0.502. The second-order valence-electron chi connectivity index (χ2n) is 4.56. The summed E-state index contributed by atoms with van der Waals surface area (Å²) in [5.41, 5.74) is -1.28. The van der Waals surface area contributed by atoms with E-state index in [2.05, 4.69) is 10.0 Å². The van der Waals surface area contributed by atoms with Gasteiger partial charge in [0.25, 0.3) is 10.0 Å². The maximum Gasteiger partial charge on any atom is 0.274 e. The van der Waals surface area contributed by atoms with Gasteiger partial charge in [-0.1, -0.05) is 13.8 Å². The molecule has 4 N–H and O–H groups in total. The van der Waals surface area contributed by atoms with Crippen LogP contribution < -0.4 is 10.0 Å². The minimum absolute atomic E-state index is 0.231. The van der Waals surface area contributed by atoms with Gasteiger partial charge in [-0.2, -0.15) is 4.72 Å². The number of aliphatic hydroxyl groups excluding tert-OH is 2. The van der Waals surface area contributed by atoms with Gasteiger partial charge in [-0.05, 0) is 25.1 Å². The minimum atomic E-state index is -3.92. The van der Waals surface area contributed by atoms with Gasteiger partial charge in [-0.3, -0.25) is 0 Å². The Balaban J connectivity index is 2.90. The summed E-state index contributed by atoms with van der Waals surface area (Å²) in [5, 5.41) is 21.4. The van der Waals surface area contributed by atoms with Crippen molar-refractivity contribution in [1.29, 1.82) is 0 Å². The molecule has 0 saturated carbocycles. The van der Waals surface area contributed by atoms with Crippen molar-refractivity contribution in [1.82, 2.24) is 10.0 Å². The third-order valence-corrected chi connectivity index (χ3v) is 4.53. The van der Waals surface area contributed by atoms with Crippen molar-refractivity contribution < 1.29 is 23.0 Å². The molecule has 0 saturated heterocycles. The summed E-state index contributed by atoms with van der Waals surface area (Å²) >= 11 is 0. The molecule has 8 heteroatoms. The van der Waals surface area contributed by atoms with Crippen molar-refractivity contribution in [3.05, 3.63) is 17.9 Å². The topological polar surface area (TPSA) is 112 Å². The summed E-state index contributed by atoms with van der Waals surface area (Å²) in [4.78, 5) is 0. The molecule has 0 aliphatic rings. The highest BCUT2D eigenvalue weighted by Gasteiger charge is 2.34. The number of rotatable bonds is 9. The molecule has 0 fully saturated rings. The number of aliphatic hydroxyl groups is 2. The van der Waals surface area contributed by atoms with Gasteiger partial charge < -0.3 is 19.9 Å². The molecule has 116 valence electrons. The lowest BCUT2D eigenvalue weighted by atomic mass is 10.0. The Hall–Kier alpha value is -0.930. The first kappa shape index (κ1) is 17.1. The van der Waals surface area contributed by atoms with Crippen LogP contribution in [0.3, 0.4) is 0 Å². The van der Waals surface area contributed by atoms with Gasteiger partial charge in [0.05, 0.1) is 25.3 Å². The van der Waals surface area contributed by atoms with Crippen LogP contribution in [-0.4, -0.2) is 43.9 Å². The summed E-state index contributed by atoms with van der Waals surface area (Å²) in [7, 11) is -3.92. The summed E-state index contributed by atoms with van der Waals surface area (Å²) in [6, 6.07) is 2.92. The van der Waals surface area contributed by atoms with E-state index in [9.17, 15) is 18.6 Å². The minimum Gasteiger partial charge on any atom is -0.447 e. The molecule has 0 spiro atoms. The van der Waals surface area contributed by atoms with E-state index in [1.54, 1.807) is 13.0 Å². The van der Waals surface area contributed by atoms with Gasteiger partial charge in [0.2, 0.25) is 5.09 Å². The van der Waals surface area contributed by atoms with Crippen LogP contribution in [0, 0.1) is 0 Å². The Morgan fingerprint density at radius 1 is 1.25 bits per heavy atom. The maximum atomic E-state index is 12.2. The third kappa shape index (κ3) is 4.03. The smallest absolute Gasteiger partial charge is 0.274 e. The van der Waals surface area contributed by atoms with Crippen molar-refractivity contribution >= 4 is 10.0 Å². The Kier molecular flexibility index (Phi) is 6.15. The lowest BCUT2D eigenvalue weighted by Crippen LogP contribution is -2.53. The fourth-order valence-corrected chi connectivity index (χ4v) is 3.00. The van der Waals surface area contributed by atoms with Crippen molar-refractivity contribution in [2.75, 3.05) is 19.8 Å². The van der Waals surface area contributed by atoms with Gasteiger partial charge in [-0.25, -0.2) is 8.42 Å². The Morgan fingerprint density at radius 2 is 1.90 bits per heavy atom. The van der Waals surface area contributed by atoms with Gasteiger partial charge in [-0.15, -0.1) is 0 Å². The van der Waals surface area contributed by atoms with Crippen molar-refractivity contribution in [2.45, 2.75) is 37.4 Å². The van der Waals surface area contributed by atoms with E-state index >= 15 is 0 Å². The van der Waals surface area contributed by atoms with Gasteiger partial charge in [0.15, 0.2) is 0 Å². The molecular formula is C12H22N2O5S. The molecular weight excluding hydrogens is 284 g/mol. The van der Waals surface area contributed by atoms with E-state index in [4.69, 9.17) is 4.42 Å². The van der Waals surface area contributed by atoms with Crippen LogP contribution in [0.1, 0.15) is 26.0 Å². The van der Waals surface area contributed by atoms with Gasteiger partial charge >= 0.3 is 0 Å². The van der Waals surface area contributed by atoms with E-state index < -0.39 is 28.8 Å². The standard InChI is InChI=1S/C12H22N2O5S/c1-3-12(8-15,9-16)14-20(17,18)11-6-5-10(19-11)7-13-4-2/h5-6,13-16H,3-4,7-9H2,1-2H3. The number of sulfonamides is 1. The van der Waals surface area contributed by atoms with Crippen LogP contribution in [0.25, 0.3) is 0 Å². The molecule has 0 unspecified atom stereocenters. The Labute approximate surface area is 119 Å². The average Bonchev–Trinajstić information content (AvgIpc) is 2.92. The summed E-state index contributed by atoms with van der Waals surface area (Å²) < 4.78 is 31.9. The van der Waals surface area contributed by atoms with Crippen molar-refractivity contribution in [2.24, 2.45) is 0 Å². The quantitative estimate of drug-likeness (QED) is 0.503. The van der Waals surface area contributed by atoms with E-state index in [0.717, 1.165) is 6.54 Å². The largest absolute Gasteiger partial charge is 0.447 e. The van der Waals surface area contributed by atoms with E-state index in [-0.39, 0.29) is 11.5 Å². The number of furan rings is 1. The molecule has 0 aliphatic heterocycles. The molecule has 0 amide bonds. The molecule has 0 aliphatic carbocycles. The molecule has 1 rings (SSSR count). The first-order valence-corrected chi connectivity index (χ1v) is 7.96. The highest BCUT2D eigenvalue weighted by molar-refractivity contribution is 7.89. The van der Waals surface area contributed by atoms with Crippen LogP contribution in [0.15, 0.2) is 21.6 Å². The highest BCUT2D eigenvalue weighted by atomic mass is 32.2. The average molecular weight is 306 g/mol. The Morgan fingerprint density at radius 3 is 2.40 bits per heavy atom. The molecule has 20 heavy (non-hydrogen) atoms. The summed E-state index contributed by atoms with van der Waals surface area (Å²) in [6.07, 6.45) is 0.254. The molecule has 1 aromatic heterocycles. The molecule has 7 nitrogen and oxygen atoms in total. The van der Waals surface area contributed by atoms with Gasteiger partial charge in [0, 0.05) is 0 Å². The zero-order chi connectivity index (χ0) is 15.2. The molecule has 0 aromatic carbocycles. The predicted octanol–water partition coefficient (Wildman–Crippen LogP) is -0.199.